The maximum Gasteiger partial charge on any atom is 0.191 e. The van der Waals surface area contributed by atoms with Gasteiger partial charge in [0.25, 0.3) is 0 Å². The molecule has 0 radical (unpaired) electrons. The summed E-state index contributed by atoms with van der Waals surface area (Å²) in [6, 6.07) is 15.7. The lowest BCUT2D eigenvalue weighted by Crippen LogP contribution is -2.38. The summed E-state index contributed by atoms with van der Waals surface area (Å²) in [6.07, 6.45) is 1.23. The van der Waals surface area contributed by atoms with Crippen LogP contribution in [0.4, 0.5) is 0 Å². The standard InChI is InChI=1S/C20H27N3O2S2/c1-4-21-20(22-12-13-26-18-8-6-5-7-9-18)23-15-17-10-11-19(16(2)14-17)27(3,24)25/h5-11,14H,4,12-13,15H2,1-3H3,(H2,21,22,23). The van der Waals surface area contributed by atoms with E-state index in [-0.39, 0.29) is 0 Å². The molecule has 0 spiro atoms. The Morgan fingerprint density at radius 1 is 1.11 bits per heavy atom. The van der Waals surface area contributed by atoms with Crippen LogP contribution in [-0.4, -0.2) is 39.5 Å². The molecule has 0 saturated carbocycles. The van der Waals surface area contributed by atoms with Crippen LogP contribution in [0.1, 0.15) is 18.1 Å². The first-order valence-corrected chi connectivity index (χ1v) is 11.8. The second-order valence-electron chi connectivity index (χ2n) is 6.16. The fourth-order valence-electron chi connectivity index (χ4n) is 2.59. The first kappa shape index (κ1) is 21.3. The molecule has 0 fully saturated rings. The van der Waals surface area contributed by atoms with Crippen LogP contribution < -0.4 is 10.6 Å². The van der Waals surface area contributed by atoms with Gasteiger partial charge in [-0.05, 0) is 43.2 Å². The number of rotatable bonds is 8. The highest BCUT2D eigenvalue weighted by Gasteiger charge is 2.10. The summed E-state index contributed by atoms with van der Waals surface area (Å²) in [7, 11) is -3.19. The predicted molar refractivity (Wildman–Crippen MR) is 114 cm³/mol. The predicted octanol–water partition coefficient (Wildman–Crippen LogP) is 3.25. The summed E-state index contributed by atoms with van der Waals surface area (Å²) in [4.78, 5) is 6.22. The zero-order chi connectivity index (χ0) is 19.7. The number of hydrogen-bond acceptors (Lipinski definition) is 4. The Hall–Kier alpha value is -1.99. The van der Waals surface area contributed by atoms with Crippen molar-refractivity contribution in [3.63, 3.8) is 0 Å². The van der Waals surface area contributed by atoms with Crippen molar-refractivity contribution in [1.29, 1.82) is 0 Å². The van der Waals surface area contributed by atoms with E-state index >= 15 is 0 Å². The van der Waals surface area contributed by atoms with Crippen molar-refractivity contribution in [1.82, 2.24) is 10.6 Å². The van der Waals surface area contributed by atoms with E-state index in [1.165, 1.54) is 11.2 Å². The molecule has 0 aliphatic carbocycles. The van der Waals surface area contributed by atoms with E-state index in [2.05, 4.69) is 27.8 Å². The molecule has 5 nitrogen and oxygen atoms in total. The number of benzene rings is 2. The van der Waals surface area contributed by atoms with Crippen LogP contribution in [0.3, 0.4) is 0 Å². The molecule has 0 heterocycles. The van der Waals surface area contributed by atoms with Crippen LogP contribution in [0.15, 0.2) is 63.3 Å². The van der Waals surface area contributed by atoms with E-state index in [0.717, 1.165) is 35.9 Å². The van der Waals surface area contributed by atoms with Gasteiger partial charge in [0.1, 0.15) is 0 Å². The van der Waals surface area contributed by atoms with E-state index in [0.29, 0.717) is 11.4 Å². The summed E-state index contributed by atoms with van der Waals surface area (Å²) in [5, 5.41) is 6.57. The number of thioether (sulfide) groups is 1. The minimum atomic E-state index is -3.19. The van der Waals surface area contributed by atoms with Gasteiger partial charge in [-0.2, -0.15) is 0 Å². The monoisotopic (exact) mass is 405 g/mol. The Bertz CT molecular complexity index is 866. The fraction of sp³-hybridized carbons (Fsp3) is 0.350. The third kappa shape index (κ3) is 7.27. The average molecular weight is 406 g/mol. The summed E-state index contributed by atoms with van der Waals surface area (Å²) in [6.45, 7) is 5.92. The van der Waals surface area contributed by atoms with Crippen LogP contribution in [0.5, 0.6) is 0 Å². The molecule has 0 bridgehead atoms. The minimum absolute atomic E-state index is 0.373. The van der Waals surface area contributed by atoms with Crippen LogP contribution in [0.25, 0.3) is 0 Å². The van der Waals surface area contributed by atoms with Crippen molar-refractivity contribution in [2.75, 3.05) is 25.1 Å². The number of nitrogens with one attached hydrogen (secondary N) is 2. The number of aliphatic imine (C=N–C) groups is 1. The molecule has 2 aromatic rings. The van der Waals surface area contributed by atoms with E-state index in [9.17, 15) is 8.42 Å². The van der Waals surface area contributed by atoms with Crippen LogP contribution >= 0.6 is 11.8 Å². The first-order valence-electron chi connectivity index (χ1n) is 8.89. The molecule has 0 aliphatic rings. The Balaban J connectivity index is 1.91. The normalized spacial score (nSPS) is 12.0. The summed E-state index contributed by atoms with van der Waals surface area (Å²) in [5.41, 5.74) is 1.73. The highest BCUT2D eigenvalue weighted by atomic mass is 32.2. The SMILES string of the molecule is CCNC(=NCc1ccc(S(C)(=O)=O)c(C)c1)NCCSc1ccccc1. The van der Waals surface area contributed by atoms with Gasteiger partial charge in [0, 0.05) is 30.0 Å². The van der Waals surface area contributed by atoms with Gasteiger partial charge in [0.05, 0.1) is 11.4 Å². The lowest BCUT2D eigenvalue weighted by Gasteiger charge is -2.11. The Morgan fingerprint density at radius 3 is 2.48 bits per heavy atom. The largest absolute Gasteiger partial charge is 0.357 e. The molecule has 0 aliphatic heterocycles. The number of nitrogens with zero attached hydrogens (tertiary/aromatic N) is 1. The molecule has 0 aromatic heterocycles. The summed E-state index contributed by atoms with van der Waals surface area (Å²) >= 11 is 1.80. The second-order valence-corrected chi connectivity index (χ2v) is 9.31. The van der Waals surface area contributed by atoms with Crippen molar-refractivity contribution in [3.8, 4) is 0 Å². The van der Waals surface area contributed by atoms with E-state index in [1.807, 2.05) is 44.2 Å². The zero-order valence-electron chi connectivity index (χ0n) is 16.0. The third-order valence-corrected chi connectivity index (χ3v) is 6.08. The van der Waals surface area contributed by atoms with E-state index in [1.54, 1.807) is 17.8 Å². The second kappa shape index (κ2) is 10.4. The van der Waals surface area contributed by atoms with Crippen molar-refractivity contribution in [3.05, 3.63) is 59.7 Å². The van der Waals surface area contributed by atoms with Gasteiger partial charge >= 0.3 is 0 Å². The fourth-order valence-corrected chi connectivity index (χ4v) is 4.34. The first-order chi connectivity index (χ1) is 12.9. The number of aryl methyl sites for hydroxylation is 1. The van der Waals surface area contributed by atoms with Crippen molar-refractivity contribution in [2.45, 2.75) is 30.2 Å². The van der Waals surface area contributed by atoms with Crippen LogP contribution in [0, 0.1) is 6.92 Å². The maximum absolute atomic E-state index is 11.7. The van der Waals surface area contributed by atoms with Gasteiger partial charge in [-0.3, -0.25) is 0 Å². The smallest absolute Gasteiger partial charge is 0.191 e. The summed E-state index contributed by atoms with van der Waals surface area (Å²) < 4.78 is 23.4. The Kier molecular flexibility index (Phi) is 8.19. The van der Waals surface area contributed by atoms with Crippen molar-refractivity contribution >= 4 is 27.6 Å². The molecule has 0 atom stereocenters. The number of guanidine groups is 1. The van der Waals surface area contributed by atoms with Gasteiger partial charge in [-0.15, -0.1) is 11.8 Å². The molecular weight excluding hydrogens is 378 g/mol. The number of sulfone groups is 1. The molecule has 0 saturated heterocycles. The van der Waals surface area contributed by atoms with Gasteiger partial charge in [-0.25, -0.2) is 13.4 Å². The Morgan fingerprint density at radius 2 is 1.85 bits per heavy atom. The maximum atomic E-state index is 11.7. The highest BCUT2D eigenvalue weighted by Crippen LogP contribution is 2.17. The van der Waals surface area contributed by atoms with Gasteiger partial charge in [0.2, 0.25) is 0 Å². The highest BCUT2D eigenvalue weighted by molar-refractivity contribution is 7.99. The van der Waals surface area contributed by atoms with Crippen molar-refractivity contribution in [2.24, 2.45) is 4.99 Å². The summed E-state index contributed by atoms with van der Waals surface area (Å²) in [5.74, 6) is 1.70. The molecule has 2 rings (SSSR count). The van der Waals surface area contributed by atoms with E-state index < -0.39 is 9.84 Å². The molecule has 0 unspecified atom stereocenters. The van der Waals surface area contributed by atoms with Crippen LogP contribution in [0.2, 0.25) is 0 Å². The molecular formula is C20H27N3O2S2. The topological polar surface area (TPSA) is 70.6 Å². The minimum Gasteiger partial charge on any atom is -0.357 e. The van der Waals surface area contributed by atoms with Crippen LogP contribution in [-0.2, 0) is 16.4 Å². The van der Waals surface area contributed by atoms with Gasteiger partial charge in [0.15, 0.2) is 15.8 Å². The van der Waals surface area contributed by atoms with Crippen molar-refractivity contribution < 1.29 is 8.42 Å². The van der Waals surface area contributed by atoms with E-state index in [4.69, 9.17) is 0 Å². The lowest BCUT2D eigenvalue weighted by atomic mass is 10.1. The number of hydrogen-bond donors (Lipinski definition) is 2. The average Bonchev–Trinajstić information content (AvgIpc) is 2.63. The molecule has 27 heavy (non-hydrogen) atoms. The molecule has 2 N–H and O–H groups in total. The molecule has 146 valence electrons. The molecule has 2 aromatic carbocycles. The van der Waals surface area contributed by atoms with Gasteiger partial charge in [-0.1, -0.05) is 30.3 Å². The van der Waals surface area contributed by atoms with Gasteiger partial charge < -0.3 is 10.6 Å². The zero-order valence-corrected chi connectivity index (χ0v) is 17.7. The quantitative estimate of drug-likeness (QED) is 0.305. The lowest BCUT2D eigenvalue weighted by molar-refractivity contribution is 0.601. The molecule has 0 amide bonds. The Labute approximate surface area is 166 Å². The molecule has 7 heteroatoms. The third-order valence-electron chi connectivity index (χ3n) is 3.81.